The maximum Gasteiger partial charge on any atom is 0.245 e. The monoisotopic (exact) mass is 240 g/mol. The molecule has 0 aromatic carbocycles. The molecular formula is C13H24N2O2. The van der Waals surface area contributed by atoms with Gasteiger partial charge >= 0.3 is 0 Å². The molecule has 1 aliphatic rings. The van der Waals surface area contributed by atoms with Crippen molar-refractivity contribution in [1.82, 2.24) is 10.2 Å². The lowest BCUT2D eigenvalue weighted by Crippen LogP contribution is -2.64. The number of nitrogens with one attached hydrogen (secondary N) is 1. The minimum Gasteiger partial charge on any atom is -0.343 e. The summed E-state index contributed by atoms with van der Waals surface area (Å²) < 4.78 is 0. The average molecular weight is 240 g/mol. The summed E-state index contributed by atoms with van der Waals surface area (Å²) in [5.41, 5.74) is 0.0129. The third kappa shape index (κ3) is 3.20. The fourth-order valence-corrected chi connectivity index (χ4v) is 2.21. The first-order valence-corrected chi connectivity index (χ1v) is 6.41. The number of piperazine rings is 1. The van der Waals surface area contributed by atoms with Crippen LogP contribution < -0.4 is 5.32 Å². The molecule has 1 saturated heterocycles. The van der Waals surface area contributed by atoms with E-state index in [4.69, 9.17) is 0 Å². The van der Waals surface area contributed by atoms with Crippen LogP contribution >= 0.6 is 0 Å². The number of hydrogen-bond donors (Lipinski definition) is 1. The Morgan fingerprint density at radius 3 is 2.18 bits per heavy atom. The molecule has 0 aliphatic carbocycles. The molecule has 4 heteroatoms. The maximum absolute atomic E-state index is 12.3. The zero-order chi connectivity index (χ0) is 13.2. The van der Waals surface area contributed by atoms with Gasteiger partial charge in [-0.1, -0.05) is 34.6 Å². The van der Waals surface area contributed by atoms with E-state index in [-0.39, 0.29) is 29.3 Å². The van der Waals surface area contributed by atoms with Crippen LogP contribution in [0.5, 0.6) is 0 Å². The highest BCUT2D eigenvalue weighted by atomic mass is 16.2. The molecule has 1 rings (SSSR count). The minimum absolute atomic E-state index is 0.0109. The van der Waals surface area contributed by atoms with Gasteiger partial charge in [0.2, 0.25) is 11.8 Å². The summed E-state index contributed by atoms with van der Waals surface area (Å²) in [6.07, 6.45) is 1.33. The first kappa shape index (κ1) is 14.0. The van der Waals surface area contributed by atoms with E-state index in [2.05, 4.69) is 26.1 Å². The normalized spacial score (nSPS) is 26.1. The van der Waals surface area contributed by atoms with E-state index >= 15 is 0 Å². The van der Waals surface area contributed by atoms with E-state index in [0.717, 1.165) is 0 Å². The Kier molecular flexibility index (Phi) is 4.17. The largest absolute Gasteiger partial charge is 0.343 e. The van der Waals surface area contributed by atoms with Crippen molar-refractivity contribution in [2.75, 3.05) is 6.54 Å². The molecule has 0 aromatic heterocycles. The molecule has 1 fully saturated rings. The summed E-state index contributed by atoms with van der Waals surface area (Å²) in [5.74, 6) is 0.0528. The number of hydrogen-bond acceptors (Lipinski definition) is 2. The highest BCUT2D eigenvalue weighted by Gasteiger charge is 2.39. The van der Waals surface area contributed by atoms with Crippen LogP contribution in [0.3, 0.4) is 0 Å². The molecule has 1 N–H and O–H groups in total. The zero-order valence-corrected chi connectivity index (χ0v) is 11.5. The fourth-order valence-electron chi connectivity index (χ4n) is 2.21. The lowest BCUT2D eigenvalue weighted by Gasteiger charge is -2.41. The Balaban J connectivity index is 2.92. The average Bonchev–Trinajstić information content (AvgIpc) is 2.21. The molecule has 1 heterocycles. The van der Waals surface area contributed by atoms with E-state index in [1.807, 2.05) is 13.8 Å². The van der Waals surface area contributed by atoms with Crippen LogP contribution in [0.4, 0.5) is 0 Å². The molecule has 0 radical (unpaired) electrons. The lowest BCUT2D eigenvalue weighted by atomic mass is 9.93. The Bertz CT molecular complexity index is 307. The van der Waals surface area contributed by atoms with E-state index in [1.54, 1.807) is 4.90 Å². The van der Waals surface area contributed by atoms with Gasteiger partial charge in [0, 0.05) is 6.54 Å². The molecule has 98 valence electrons. The summed E-state index contributed by atoms with van der Waals surface area (Å²) in [4.78, 5) is 25.9. The van der Waals surface area contributed by atoms with Gasteiger partial charge in [-0.3, -0.25) is 9.59 Å². The van der Waals surface area contributed by atoms with Crippen molar-refractivity contribution in [2.24, 2.45) is 5.41 Å². The third-order valence-corrected chi connectivity index (χ3v) is 3.02. The zero-order valence-electron chi connectivity index (χ0n) is 11.5. The second kappa shape index (κ2) is 5.07. The van der Waals surface area contributed by atoms with E-state index in [0.29, 0.717) is 19.4 Å². The van der Waals surface area contributed by atoms with Gasteiger partial charge in [-0.15, -0.1) is 0 Å². The fraction of sp³-hybridized carbons (Fsp3) is 0.846. The highest BCUT2D eigenvalue weighted by Crippen LogP contribution is 2.22. The molecule has 0 spiro atoms. The molecule has 2 unspecified atom stereocenters. The van der Waals surface area contributed by atoms with Crippen LogP contribution in [-0.2, 0) is 9.59 Å². The SMILES string of the molecule is CCC1NC(=O)C(CC)N(CC(C)(C)C)C1=O. The third-order valence-electron chi connectivity index (χ3n) is 3.02. The van der Waals surface area contributed by atoms with Gasteiger partial charge in [0.05, 0.1) is 0 Å². The van der Waals surface area contributed by atoms with Crippen LogP contribution in [0, 0.1) is 5.41 Å². The predicted octanol–water partition coefficient (Wildman–Crippen LogP) is 1.55. The number of amides is 2. The number of carbonyl (C=O) groups is 2. The summed E-state index contributed by atoms with van der Waals surface area (Å²) in [6, 6.07) is -0.642. The van der Waals surface area contributed by atoms with Gasteiger partial charge in [-0.2, -0.15) is 0 Å². The predicted molar refractivity (Wildman–Crippen MR) is 67.5 cm³/mol. The second-order valence-corrected chi connectivity index (χ2v) is 5.92. The van der Waals surface area contributed by atoms with Crippen molar-refractivity contribution >= 4 is 11.8 Å². The molecule has 4 nitrogen and oxygen atoms in total. The van der Waals surface area contributed by atoms with Crippen molar-refractivity contribution in [2.45, 2.75) is 59.5 Å². The Hall–Kier alpha value is -1.06. The van der Waals surface area contributed by atoms with E-state index in [9.17, 15) is 9.59 Å². The molecular weight excluding hydrogens is 216 g/mol. The van der Waals surface area contributed by atoms with Gasteiger partial charge in [0.1, 0.15) is 12.1 Å². The second-order valence-electron chi connectivity index (χ2n) is 5.92. The maximum atomic E-state index is 12.3. The summed E-state index contributed by atoms with van der Waals surface area (Å²) in [6.45, 7) is 10.7. The number of nitrogens with zero attached hydrogens (tertiary/aromatic N) is 1. The smallest absolute Gasteiger partial charge is 0.245 e. The Morgan fingerprint density at radius 1 is 1.18 bits per heavy atom. The van der Waals surface area contributed by atoms with Gasteiger partial charge in [0.25, 0.3) is 0 Å². The van der Waals surface area contributed by atoms with Crippen LogP contribution in [0.25, 0.3) is 0 Å². The first-order valence-electron chi connectivity index (χ1n) is 6.41. The van der Waals surface area contributed by atoms with Gasteiger partial charge in [-0.25, -0.2) is 0 Å². The number of carbonyl (C=O) groups excluding carboxylic acids is 2. The van der Waals surface area contributed by atoms with E-state index < -0.39 is 0 Å². The molecule has 1 aliphatic heterocycles. The van der Waals surface area contributed by atoms with Crippen molar-refractivity contribution in [1.29, 1.82) is 0 Å². The van der Waals surface area contributed by atoms with Gasteiger partial charge in [0.15, 0.2) is 0 Å². The van der Waals surface area contributed by atoms with Crippen LogP contribution in [0.1, 0.15) is 47.5 Å². The molecule has 0 bridgehead atoms. The molecule has 0 aromatic rings. The van der Waals surface area contributed by atoms with Crippen molar-refractivity contribution < 1.29 is 9.59 Å². The Morgan fingerprint density at radius 2 is 1.76 bits per heavy atom. The van der Waals surface area contributed by atoms with Gasteiger partial charge in [-0.05, 0) is 18.3 Å². The van der Waals surface area contributed by atoms with Gasteiger partial charge < -0.3 is 10.2 Å². The summed E-state index contributed by atoms with van der Waals surface area (Å²) in [5, 5.41) is 2.80. The van der Waals surface area contributed by atoms with Crippen molar-refractivity contribution in [3.63, 3.8) is 0 Å². The van der Waals surface area contributed by atoms with E-state index in [1.165, 1.54) is 0 Å². The summed E-state index contributed by atoms with van der Waals surface area (Å²) >= 11 is 0. The number of rotatable bonds is 3. The topological polar surface area (TPSA) is 49.4 Å². The van der Waals surface area contributed by atoms with Crippen LogP contribution in [0.15, 0.2) is 0 Å². The van der Waals surface area contributed by atoms with Crippen molar-refractivity contribution in [3.8, 4) is 0 Å². The lowest BCUT2D eigenvalue weighted by molar-refractivity contribution is -0.151. The Labute approximate surface area is 104 Å². The quantitative estimate of drug-likeness (QED) is 0.813. The first-order chi connectivity index (χ1) is 7.80. The summed E-state index contributed by atoms with van der Waals surface area (Å²) in [7, 11) is 0. The van der Waals surface area contributed by atoms with Crippen molar-refractivity contribution in [3.05, 3.63) is 0 Å². The van der Waals surface area contributed by atoms with Crippen LogP contribution in [0.2, 0.25) is 0 Å². The standard InChI is InChI=1S/C13H24N2O2/c1-6-9-12(17)15(8-13(3,4)5)10(7-2)11(16)14-9/h9-10H,6-8H2,1-5H3,(H,14,16). The van der Waals surface area contributed by atoms with Crippen LogP contribution in [-0.4, -0.2) is 35.3 Å². The minimum atomic E-state index is -0.340. The molecule has 2 amide bonds. The molecule has 17 heavy (non-hydrogen) atoms. The molecule has 0 saturated carbocycles. The highest BCUT2D eigenvalue weighted by molar-refractivity contribution is 5.96. The molecule has 2 atom stereocenters.